The van der Waals surface area contributed by atoms with Gasteiger partial charge in [-0.3, -0.25) is 0 Å². The summed E-state index contributed by atoms with van der Waals surface area (Å²) in [5.41, 5.74) is 9.70. The highest BCUT2D eigenvalue weighted by molar-refractivity contribution is 5.36. The number of alkyl halides is 3. The van der Waals surface area contributed by atoms with Crippen LogP contribution in [0.15, 0.2) is 42.5 Å². The molecule has 112 valence electrons. The van der Waals surface area contributed by atoms with E-state index in [0.717, 1.165) is 34.4 Å². The fourth-order valence-corrected chi connectivity index (χ4v) is 2.37. The smallest absolute Gasteiger partial charge is 0.324 e. The van der Waals surface area contributed by atoms with Gasteiger partial charge in [-0.1, -0.05) is 30.3 Å². The Balaban J connectivity index is 2.16. The Bertz CT molecular complexity index is 615. The standard InChI is InChI=1S/C17H18F3N/c1-11-4-3-5-15(12(11)2)16(21)10-13-6-8-14(9-7-13)17(18,19)20/h3-9,16H,10,21H2,1-2H3. The van der Waals surface area contributed by atoms with Crippen molar-refractivity contribution < 1.29 is 13.2 Å². The van der Waals surface area contributed by atoms with E-state index in [0.29, 0.717) is 6.42 Å². The van der Waals surface area contributed by atoms with Crippen LogP contribution in [-0.4, -0.2) is 0 Å². The lowest BCUT2D eigenvalue weighted by molar-refractivity contribution is -0.137. The average Bonchev–Trinajstić information content (AvgIpc) is 2.41. The van der Waals surface area contributed by atoms with E-state index in [1.165, 1.54) is 12.1 Å². The summed E-state index contributed by atoms with van der Waals surface area (Å²) in [5, 5.41) is 0. The van der Waals surface area contributed by atoms with Crippen LogP contribution in [0.5, 0.6) is 0 Å². The van der Waals surface area contributed by atoms with Crippen LogP contribution in [0, 0.1) is 13.8 Å². The molecule has 0 saturated heterocycles. The van der Waals surface area contributed by atoms with E-state index >= 15 is 0 Å². The maximum Gasteiger partial charge on any atom is 0.416 e. The van der Waals surface area contributed by atoms with Crippen LogP contribution in [0.4, 0.5) is 13.2 Å². The monoisotopic (exact) mass is 293 g/mol. The minimum Gasteiger partial charge on any atom is -0.324 e. The van der Waals surface area contributed by atoms with Crippen molar-refractivity contribution >= 4 is 0 Å². The highest BCUT2D eigenvalue weighted by Gasteiger charge is 2.29. The molecule has 0 aliphatic rings. The van der Waals surface area contributed by atoms with Gasteiger partial charge >= 0.3 is 6.18 Å². The number of halogens is 3. The van der Waals surface area contributed by atoms with Crippen molar-refractivity contribution in [2.75, 3.05) is 0 Å². The highest BCUT2D eigenvalue weighted by atomic mass is 19.4. The molecule has 1 nitrogen and oxygen atoms in total. The number of nitrogens with two attached hydrogens (primary N) is 1. The molecule has 1 unspecified atom stereocenters. The van der Waals surface area contributed by atoms with Gasteiger partial charge in [-0.2, -0.15) is 13.2 Å². The van der Waals surface area contributed by atoms with E-state index in [2.05, 4.69) is 0 Å². The van der Waals surface area contributed by atoms with Gasteiger partial charge in [0.2, 0.25) is 0 Å². The van der Waals surface area contributed by atoms with Crippen molar-refractivity contribution in [1.29, 1.82) is 0 Å². The second kappa shape index (κ2) is 5.90. The molecular weight excluding hydrogens is 275 g/mol. The van der Waals surface area contributed by atoms with Gasteiger partial charge in [0.15, 0.2) is 0 Å². The van der Waals surface area contributed by atoms with Gasteiger partial charge in [0.25, 0.3) is 0 Å². The second-order valence-electron chi connectivity index (χ2n) is 5.29. The molecule has 0 fully saturated rings. The number of hydrogen-bond donors (Lipinski definition) is 1. The van der Waals surface area contributed by atoms with Gasteiger partial charge in [-0.05, 0) is 54.7 Å². The molecule has 0 aromatic heterocycles. The van der Waals surface area contributed by atoms with Crippen LogP contribution in [0.1, 0.15) is 33.9 Å². The summed E-state index contributed by atoms with van der Waals surface area (Å²) in [6.45, 7) is 4.03. The minimum absolute atomic E-state index is 0.221. The summed E-state index contributed by atoms with van der Waals surface area (Å²) < 4.78 is 37.6. The van der Waals surface area contributed by atoms with Gasteiger partial charge in [0, 0.05) is 6.04 Å². The molecule has 0 spiro atoms. The van der Waals surface area contributed by atoms with Crippen LogP contribution in [0.25, 0.3) is 0 Å². The zero-order valence-corrected chi connectivity index (χ0v) is 12.0. The first-order chi connectivity index (χ1) is 9.79. The lowest BCUT2D eigenvalue weighted by Crippen LogP contribution is -2.15. The first kappa shape index (κ1) is 15.6. The van der Waals surface area contributed by atoms with E-state index in [1.54, 1.807) is 0 Å². The molecule has 0 aliphatic carbocycles. The summed E-state index contributed by atoms with van der Waals surface area (Å²) in [7, 11) is 0. The topological polar surface area (TPSA) is 26.0 Å². The van der Waals surface area contributed by atoms with Crippen LogP contribution < -0.4 is 5.73 Å². The van der Waals surface area contributed by atoms with Crippen molar-refractivity contribution in [2.45, 2.75) is 32.5 Å². The fourth-order valence-electron chi connectivity index (χ4n) is 2.37. The molecule has 1 atom stereocenters. The molecule has 2 aromatic carbocycles. The number of aryl methyl sites for hydroxylation is 1. The first-order valence-corrected chi connectivity index (χ1v) is 6.77. The zero-order valence-electron chi connectivity index (χ0n) is 12.0. The number of hydrogen-bond acceptors (Lipinski definition) is 1. The average molecular weight is 293 g/mol. The molecule has 0 bridgehead atoms. The quantitative estimate of drug-likeness (QED) is 0.881. The normalized spacial score (nSPS) is 13.2. The van der Waals surface area contributed by atoms with Gasteiger partial charge in [-0.25, -0.2) is 0 Å². The summed E-state index contributed by atoms with van der Waals surface area (Å²) in [5.74, 6) is 0. The van der Waals surface area contributed by atoms with Crippen molar-refractivity contribution in [3.63, 3.8) is 0 Å². The van der Waals surface area contributed by atoms with Gasteiger partial charge in [0.05, 0.1) is 5.56 Å². The van der Waals surface area contributed by atoms with Crippen molar-refractivity contribution in [2.24, 2.45) is 5.73 Å². The maximum atomic E-state index is 12.5. The third-order valence-corrected chi connectivity index (χ3v) is 3.78. The maximum absolute atomic E-state index is 12.5. The molecule has 2 aromatic rings. The molecule has 0 heterocycles. The molecule has 0 aliphatic heterocycles. The highest BCUT2D eigenvalue weighted by Crippen LogP contribution is 2.30. The molecule has 2 rings (SSSR count). The third kappa shape index (κ3) is 3.64. The Morgan fingerprint density at radius 1 is 1.00 bits per heavy atom. The summed E-state index contributed by atoms with van der Waals surface area (Å²) in [4.78, 5) is 0. The fraction of sp³-hybridized carbons (Fsp3) is 0.294. The van der Waals surface area contributed by atoms with Crippen LogP contribution in [0.3, 0.4) is 0 Å². The largest absolute Gasteiger partial charge is 0.416 e. The Hall–Kier alpha value is -1.81. The van der Waals surface area contributed by atoms with E-state index in [1.807, 2.05) is 32.0 Å². The molecule has 4 heteroatoms. The Labute approximate surface area is 122 Å². The number of rotatable bonds is 3. The molecule has 2 N–H and O–H groups in total. The van der Waals surface area contributed by atoms with E-state index in [4.69, 9.17) is 5.73 Å². The van der Waals surface area contributed by atoms with Crippen LogP contribution in [-0.2, 0) is 12.6 Å². The second-order valence-corrected chi connectivity index (χ2v) is 5.29. The van der Waals surface area contributed by atoms with Crippen LogP contribution >= 0.6 is 0 Å². The lowest BCUT2D eigenvalue weighted by Gasteiger charge is -2.17. The van der Waals surface area contributed by atoms with Gasteiger partial charge < -0.3 is 5.73 Å². The molecule has 0 saturated carbocycles. The predicted octanol–water partition coefficient (Wildman–Crippen LogP) is 4.56. The molecule has 21 heavy (non-hydrogen) atoms. The Morgan fingerprint density at radius 3 is 2.19 bits per heavy atom. The molecule has 0 amide bonds. The van der Waals surface area contributed by atoms with Gasteiger partial charge in [-0.15, -0.1) is 0 Å². The molecular formula is C17H18F3N. The van der Waals surface area contributed by atoms with Crippen LogP contribution in [0.2, 0.25) is 0 Å². The number of benzene rings is 2. The van der Waals surface area contributed by atoms with E-state index in [-0.39, 0.29) is 6.04 Å². The minimum atomic E-state index is -4.30. The van der Waals surface area contributed by atoms with E-state index in [9.17, 15) is 13.2 Å². The summed E-state index contributed by atoms with van der Waals surface area (Å²) in [6, 6.07) is 10.9. The van der Waals surface area contributed by atoms with Crippen molar-refractivity contribution in [3.8, 4) is 0 Å². The SMILES string of the molecule is Cc1cccc(C(N)Cc2ccc(C(F)(F)F)cc2)c1C. The van der Waals surface area contributed by atoms with Gasteiger partial charge in [0.1, 0.15) is 0 Å². The van der Waals surface area contributed by atoms with E-state index < -0.39 is 11.7 Å². The van der Waals surface area contributed by atoms with Crippen molar-refractivity contribution in [1.82, 2.24) is 0 Å². The first-order valence-electron chi connectivity index (χ1n) is 6.77. The summed E-state index contributed by atoms with van der Waals surface area (Å²) in [6.07, 6.45) is -3.78. The predicted molar refractivity (Wildman–Crippen MR) is 78.0 cm³/mol. The third-order valence-electron chi connectivity index (χ3n) is 3.78. The van der Waals surface area contributed by atoms with Crippen molar-refractivity contribution in [3.05, 3.63) is 70.3 Å². The Morgan fingerprint density at radius 2 is 1.62 bits per heavy atom. The zero-order chi connectivity index (χ0) is 15.6. The summed E-state index contributed by atoms with van der Waals surface area (Å²) >= 11 is 0. The lowest BCUT2D eigenvalue weighted by atomic mass is 9.93. The Kier molecular flexibility index (Phi) is 4.37. The molecule has 0 radical (unpaired) electrons.